The second-order valence-corrected chi connectivity index (χ2v) is 7.00. The summed E-state index contributed by atoms with van der Waals surface area (Å²) in [5.41, 5.74) is 1.45. The van der Waals surface area contributed by atoms with Gasteiger partial charge in [0.2, 0.25) is 0 Å². The van der Waals surface area contributed by atoms with Gasteiger partial charge in [0.05, 0.1) is 0 Å². The molecule has 0 fully saturated rings. The van der Waals surface area contributed by atoms with Gasteiger partial charge < -0.3 is 0 Å². The molecule has 1 heteroatoms. The fourth-order valence-electron chi connectivity index (χ4n) is 3.20. The van der Waals surface area contributed by atoms with E-state index in [1.54, 1.807) is 0 Å². The highest BCUT2D eigenvalue weighted by Crippen LogP contribution is 2.19. The molecule has 0 rings (SSSR count). The van der Waals surface area contributed by atoms with Gasteiger partial charge in [0.15, 0.2) is 0 Å². The van der Waals surface area contributed by atoms with E-state index < -0.39 is 0 Å². The van der Waals surface area contributed by atoms with Crippen LogP contribution in [0.15, 0.2) is 11.6 Å². The third-order valence-corrected chi connectivity index (χ3v) is 3.95. The molecule has 0 bridgehead atoms. The van der Waals surface area contributed by atoms with E-state index in [2.05, 4.69) is 59.4 Å². The van der Waals surface area contributed by atoms with Crippen LogP contribution in [0.25, 0.3) is 0 Å². The van der Waals surface area contributed by atoms with Gasteiger partial charge in [-0.3, -0.25) is 4.90 Å². The van der Waals surface area contributed by atoms with Crippen molar-refractivity contribution in [2.75, 3.05) is 0 Å². The molecule has 1 unspecified atom stereocenters. The van der Waals surface area contributed by atoms with Crippen LogP contribution in [-0.4, -0.2) is 23.0 Å². The average Bonchev–Trinajstić information content (AvgIpc) is 2.31. The van der Waals surface area contributed by atoms with Crippen LogP contribution < -0.4 is 0 Å². The SMILES string of the molecule is CCCCCCCCC(C=C(C)C)N(C(C)C)C(C)C. The van der Waals surface area contributed by atoms with Crippen LogP contribution in [0.5, 0.6) is 0 Å². The summed E-state index contributed by atoms with van der Waals surface area (Å²) >= 11 is 0. The summed E-state index contributed by atoms with van der Waals surface area (Å²) in [6.07, 6.45) is 12.1. The molecular weight excluding hydrogens is 242 g/mol. The van der Waals surface area contributed by atoms with Crippen molar-refractivity contribution in [3.8, 4) is 0 Å². The smallest absolute Gasteiger partial charge is 0.0286 e. The predicted molar refractivity (Wildman–Crippen MR) is 93.3 cm³/mol. The summed E-state index contributed by atoms with van der Waals surface area (Å²) < 4.78 is 0. The van der Waals surface area contributed by atoms with Gasteiger partial charge in [-0.1, -0.05) is 57.1 Å². The zero-order valence-corrected chi connectivity index (χ0v) is 15.2. The molecule has 0 aliphatic rings. The van der Waals surface area contributed by atoms with Crippen molar-refractivity contribution in [3.63, 3.8) is 0 Å². The summed E-state index contributed by atoms with van der Waals surface area (Å²) in [6, 6.07) is 1.86. The van der Waals surface area contributed by atoms with Crippen molar-refractivity contribution in [2.24, 2.45) is 0 Å². The molecule has 0 saturated heterocycles. The van der Waals surface area contributed by atoms with Crippen molar-refractivity contribution in [3.05, 3.63) is 11.6 Å². The maximum Gasteiger partial charge on any atom is 0.0286 e. The molecule has 0 amide bonds. The molecule has 0 saturated carbocycles. The molecule has 0 spiro atoms. The van der Waals surface area contributed by atoms with Crippen molar-refractivity contribution < 1.29 is 0 Å². The van der Waals surface area contributed by atoms with Crippen LogP contribution in [0.2, 0.25) is 0 Å². The van der Waals surface area contributed by atoms with Gasteiger partial charge in [-0.15, -0.1) is 0 Å². The fourth-order valence-corrected chi connectivity index (χ4v) is 3.20. The molecule has 0 aromatic carbocycles. The lowest BCUT2D eigenvalue weighted by Gasteiger charge is -2.37. The van der Waals surface area contributed by atoms with Crippen LogP contribution in [0.4, 0.5) is 0 Å². The number of hydrogen-bond donors (Lipinski definition) is 0. The van der Waals surface area contributed by atoms with Gasteiger partial charge in [0, 0.05) is 18.1 Å². The van der Waals surface area contributed by atoms with E-state index in [4.69, 9.17) is 0 Å². The lowest BCUT2D eigenvalue weighted by atomic mass is 10.0. The molecule has 0 radical (unpaired) electrons. The second kappa shape index (κ2) is 11.4. The molecule has 0 aliphatic heterocycles. The molecule has 0 aromatic heterocycles. The molecule has 0 aromatic rings. The van der Waals surface area contributed by atoms with Crippen LogP contribution in [0.3, 0.4) is 0 Å². The van der Waals surface area contributed by atoms with E-state index in [1.165, 1.54) is 50.5 Å². The van der Waals surface area contributed by atoms with Crippen LogP contribution in [0.1, 0.15) is 93.4 Å². The minimum absolute atomic E-state index is 0.617. The minimum atomic E-state index is 0.617. The Hall–Kier alpha value is -0.300. The Bertz CT molecular complexity index is 240. The number of hydrogen-bond acceptors (Lipinski definition) is 1. The first-order valence-corrected chi connectivity index (χ1v) is 8.82. The number of rotatable bonds is 11. The maximum absolute atomic E-state index is 2.67. The van der Waals surface area contributed by atoms with Gasteiger partial charge in [-0.2, -0.15) is 0 Å². The summed E-state index contributed by atoms with van der Waals surface area (Å²) in [6.45, 7) is 16.1. The molecule has 1 atom stereocenters. The standard InChI is InChI=1S/C19H39N/c1-8-9-10-11-12-13-14-19(15-16(2)3)20(17(4)5)18(6)7/h15,17-19H,8-14H2,1-7H3. The van der Waals surface area contributed by atoms with Crippen molar-refractivity contribution in [2.45, 2.75) is 112 Å². The molecule has 0 N–H and O–H groups in total. The summed E-state index contributed by atoms with van der Waals surface area (Å²) in [5, 5.41) is 0. The third-order valence-electron chi connectivity index (χ3n) is 3.95. The predicted octanol–water partition coefficient (Wildman–Crippen LogP) is 6.19. The van der Waals surface area contributed by atoms with E-state index in [0.29, 0.717) is 18.1 Å². The van der Waals surface area contributed by atoms with Gasteiger partial charge in [-0.05, 0) is 48.0 Å². The van der Waals surface area contributed by atoms with E-state index in [-0.39, 0.29) is 0 Å². The number of nitrogens with zero attached hydrogens (tertiary/aromatic N) is 1. The molecule has 0 aliphatic carbocycles. The average molecular weight is 282 g/mol. The zero-order valence-electron chi connectivity index (χ0n) is 15.2. The highest BCUT2D eigenvalue weighted by Gasteiger charge is 2.21. The van der Waals surface area contributed by atoms with Crippen LogP contribution in [-0.2, 0) is 0 Å². The monoisotopic (exact) mass is 281 g/mol. The third kappa shape index (κ3) is 8.79. The van der Waals surface area contributed by atoms with Crippen molar-refractivity contribution in [1.82, 2.24) is 4.90 Å². The Morgan fingerprint density at radius 2 is 1.35 bits per heavy atom. The summed E-state index contributed by atoms with van der Waals surface area (Å²) in [7, 11) is 0. The Balaban J connectivity index is 4.38. The largest absolute Gasteiger partial charge is 0.292 e. The first-order chi connectivity index (χ1) is 9.40. The fraction of sp³-hybridized carbons (Fsp3) is 0.895. The molecule has 1 nitrogen and oxygen atoms in total. The topological polar surface area (TPSA) is 3.24 Å². The minimum Gasteiger partial charge on any atom is -0.292 e. The first kappa shape index (κ1) is 19.7. The Morgan fingerprint density at radius 1 is 0.850 bits per heavy atom. The quantitative estimate of drug-likeness (QED) is 0.322. The number of unbranched alkanes of at least 4 members (excludes halogenated alkanes) is 5. The first-order valence-electron chi connectivity index (χ1n) is 8.82. The Labute approximate surface area is 128 Å². The molecule has 20 heavy (non-hydrogen) atoms. The van der Waals surface area contributed by atoms with Gasteiger partial charge >= 0.3 is 0 Å². The molecule has 120 valence electrons. The van der Waals surface area contributed by atoms with Crippen molar-refractivity contribution >= 4 is 0 Å². The molecular formula is C19H39N. The second-order valence-electron chi connectivity index (χ2n) is 7.00. The summed E-state index contributed by atoms with van der Waals surface area (Å²) in [5.74, 6) is 0. The van der Waals surface area contributed by atoms with Gasteiger partial charge in [-0.25, -0.2) is 0 Å². The van der Waals surface area contributed by atoms with Crippen molar-refractivity contribution in [1.29, 1.82) is 0 Å². The van der Waals surface area contributed by atoms with E-state index >= 15 is 0 Å². The highest BCUT2D eigenvalue weighted by molar-refractivity contribution is 5.02. The van der Waals surface area contributed by atoms with Crippen LogP contribution in [0, 0.1) is 0 Å². The lowest BCUT2D eigenvalue weighted by molar-refractivity contribution is 0.130. The van der Waals surface area contributed by atoms with Crippen LogP contribution >= 0.6 is 0 Å². The van der Waals surface area contributed by atoms with E-state index in [0.717, 1.165) is 0 Å². The maximum atomic E-state index is 2.67. The Morgan fingerprint density at radius 3 is 1.80 bits per heavy atom. The van der Waals surface area contributed by atoms with Gasteiger partial charge in [0.25, 0.3) is 0 Å². The Kier molecular flexibility index (Phi) is 11.2. The summed E-state index contributed by atoms with van der Waals surface area (Å²) in [4.78, 5) is 2.67. The highest BCUT2D eigenvalue weighted by atomic mass is 15.2. The normalized spacial score (nSPS) is 13.3. The van der Waals surface area contributed by atoms with E-state index in [9.17, 15) is 0 Å². The lowest BCUT2D eigenvalue weighted by Crippen LogP contribution is -2.44. The molecule has 0 heterocycles. The van der Waals surface area contributed by atoms with Gasteiger partial charge in [0.1, 0.15) is 0 Å². The zero-order chi connectivity index (χ0) is 15.5. The number of allylic oxidation sites excluding steroid dienone is 1. The van der Waals surface area contributed by atoms with E-state index in [1.807, 2.05) is 0 Å².